The predicted octanol–water partition coefficient (Wildman–Crippen LogP) is 8.79. The minimum Gasteiger partial charge on any atom is -0.374 e. The van der Waals surface area contributed by atoms with Gasteiger partial charge in [0.2, 0.25) is 0 Å². The van der Waals surface area contributed by atoms with E-state index in [1.54, 1.807) is 0 Å². The average molecular weight is 677 g/mol. The Morgan fingerprint density at radius 1 is 0.490 bits per heavy atom. The van der Waals surface area contributed by atoms with Crippen LogP contribution in [0.25, 0.3) is 0 Å². The van der Waals surface area contributed by atoms with Crippen molar-refractivity contribution in [3.8, 4) is 0 Å². The van der Waals surface area contributed by atoms with E-state index in [0.29, 0.717) is 11.1 Å². The lowest BCUT2D eigenvalue weighted by Gasteiger charge is -2.26. The molecule has 4 aromatic rings. The summed E-state index contributed by atoms with van der Waals surface area (Å²) in [7, 11) is 0. The van der Waals surface area contributed by atoms with Crippen molar-refractivity contribution in [2.75, 3.05) is 26.2 Å². The summed E-state index contributed by atoms with van der Waals surface area (Å²) in [6.07, 6.45) is 18.8. The number of rotatable bonds is 18. The van der Waals surface area contributed by atoms with Crippen LogP contribution in [-0.2, 0) is 0 Å². The van der Waals surface area contributed by atoms with Crippen LogP contribution in [0.4, 0.5) is 0 Å². The number of benzene rings is 4. The minimum atomic E-state index is -0.436. The van der Waals surface area contributed by atoms with Crippen molar-refractivity contribution in [2.24, 2.45) is 0 Å². The van der Waals surface area contributed by atoms with Crippen molar-refractivity contribution in [2.45, 2.75) is 44.2 Å². The van der Waals surface area contributed by atoms with Crippen LogP contribution in [-0.4, -0.2) is 47.5 Å². The maximum Gasteiger partial charge on any atom is 0.189 e. The van der Waals surface area contributed by atoms with Crippen molar-refractivity contribution < 1.29 is 9.59 Å². The SMILES string of the molecule is O=C(c1ccccc1)C(NC1=CCN(CCCCCCCN2C=CC(NC(C(=O)c3ccccc3)c3ccccc3)=CC2)C=C1)c1ccccc1. The van der Waals surface area contributed by atoms with Gasteiger partial charge in [-0.15, -0.1) is 0 Å². The molecule has 6 rings (SSSR count). The van der Waals surface area contributed by atoms with Gasteiger partial charge in [0.05, 0.1) is 0 Å². The number of nitrogens with zero attached hydrogens (tertiary/aromatic N) is 2. The van der Waals surface area contributed by atoms with Crippen LogP contribution in [0.2, 0.25) is 0 Å². The first-order valence-corrected chi connectivity index (χ1v) is 18.2. The molecule has 2 unspecified atom stereocenters. The molecule has 2 aliphatic heterocycles. The quantitative estimate of drug-likeness (QED) is 0.0812. The van der Waals surface area contributed by atoms with Gasteiger partial charge in [0.25, 0.3) is 0 Å². The van der Waals surface area contributed by atoms with Crippen LogP contribution >= 0.6 is 0 Å². The average Bonchev–Trinajstić information content (AvgIpc) is 3.20. The van der Waals surface area contributed by atoms with E-state index in [2.05, 4.69) is 57.1 Å². The Balaban J connectivity index is 0.878. The summed E-state index contributed by atoms with van der Waals surface area (Å²) in [5.74, 6) is 0.134. The Morgan fingerprint density at radius 2 is 0.843 bits per heavy atom. The van der Waals surface area contributed by atoms with Crippen LogP contribution in [0.1, 0.15) is 76.0 Å². The Kier molecular flexibility index (Phi) is 12.7. The maximum atomic E-state index is 13.4. The fraction of sp³-hybridized carbons (Fsp3) is 0.244. The second-order valence-corrected chi connectivity index (χ2v) is 13.1. The molecule has 4 aromatic carbocycles. The number of nitrogens with one attached hydrogen (secondary N) is 2. The molecule has 0 radical (unpaired) electrons. The Labute approximate surface area is 302 Å². The molecule has 2 atom stereocenters. The highest BCUT2D eigenvalue weighted by molar-refractivity contribution is 6.01. The van der Waals surface area contributed by atoms with Crippen LogP contribution < -0.4 is 10.6 Å². The van der Waals surface area contributed by atoms with Crippen molar-refractivity contribution in [3.63, 3.8) is 0 Å². The molecule has 0 saturated heterocycles. The van der Waals surface area contributed by atoms with Gasteiger partial charge in [-0.05, 0) is 48.3 Å². The van der Waals surface area contributed by atoms with Crippen molar-refractivity contribution in [1.29, 1.82) is 0 Å². The molecule has 0 fully saturated rings. The molecule has 0 saturated carbocycles. The number of hydrogen-bond acceptors (Lipinski definition) is 6. The molecule has 0 aliphatic carbocycles. The molecule has 0 bridgehead atoms. The topological polar surface area (TPSA) is 64.7 Å². The first-order valence-electron chi connectivity index (χ1n) is 18.2. The van der Waals surface area contributed by atoms with Gasteiger partial charge in [-0.25, -0.2) is 0 Å². The molecule has 0 aromatic heterocycles. The fourth-order valence-electron chi connectivity index (χ4n) is 6.53. The Bertz CT molecular complexity index is 1680. The molecule has 2 aliphatic rings. The van der Waals surface area contributed by atoms with E-state index in [-0.39, 0.29) is 11.6 Å². The highest BCUT2D eigenvalue weighted by Crippen LogP contribution is 2.23. The highest BCUT2D eigenvalue weighted by atomic mass is 16.1. The molecule has 0 spiro atoms. The molecule has 51 heavy (non-hydrogen) atoms. The van der Waals surface area contributed by atoms with E-state index < -0.39 is 12.1 Å². The molecular formula is C45H48N4O2. The number of hydrogen-bond donors (Lipinski definition) is 2. The van der Waals surface area contributed by atoms with E-state index >= 15 is 0 Å². The van der Waals surface area contributed by atoms with Crippen LogP contribution in [0, 0.1) is 0 Å². The zero-order valence-electron chi connectivity index (χ0n) is 29.2. The minimum absolute atomic E-state index is 0.0669. The predicted molar refractivity (Wildman–Crippen MR) is 207 cm³/mol. The molecule has 0 amide bonds. The van der Waals surface area contributed by atoms with Crippen LogP contribution in [0.5, 0.6) is 0 Å². The van der Waals surface area contributed by atoms with Crippen molar-refractivity contribution in [3.05, 3.63) is 192 Å². The standard InChI is InChI=1S/C45H48N4O2/c50-44(38-22-12-6-13-23-38)42(36-18-8-4-9-19-36)46-40-26-32-48(33-27-40)30-16-2-1-3-17-31-49-34-28-41(29-35-49)47-43(37-20-10-5-11-21-37)45(51)39-24-14-7-15-25-39/h4-15,18-29,32,34,42-43,46-47H,1-3,16-17,30-31,33,35H2. The fourth-order valence-corrected chi connectivity index (χ4v) is 6.53. The van der Waals surface area contributed by atoms with Gasteiger partial charge in [0, 0.05) is 61.1 Å². The van der Waals surface area contributed by atoms with Gasteiger partial charge in [-0.1, -0.05) is 141 Å². The second kappa shape index (κ2) is 18.4. The first kappa shape index (κ1) is 35.2. The summed E-state index contributed by atoms with van der Waals surface area (Å²) >= 11 is 0. The van der Waals surface area contributed by atoms with Crippen molar-refractivity contribution in [1.82, 2.24) is 20.4 Å². The molecular weight excluding hydrogens is 629 g/mol. The molecule has 6 nitrogen and oxygen atoms in total. The lowest BCUT2D eigenvalue weighted by Crippen LogP contribution is -2.30. The summed E-state index contributed by atoms with van der Waals surface area (Å²) in [5.41, 5.74) is 5.29. The van der Waals surface area contributed by atoms with E-state index in [0.717, 1.165) is 61.5 Å². The smallest absolute Gasteiger partial charge is 0.189 e. The number of ketones is 2. The lowest BCUT2D eigenvalue weighted by atomic mass is 9.97. The van der Waals surface area contributed by atoms with E-state index in [1.165, 1.54) is 19.3 Å². The zero-order chi connectivity index (χ0) is 35.1. The summed E-state index contributed by atoms with van der Waals surface area (Å²) in [6, 6.07) is 38.0. The molecule has 6 heteroatoms. The van der Waals surface area contributed by atoms with Gasteiger partial charge >= 0.3 is 0 Å². The molecule has 2 heterocycles. The third kappa shape index (κ3) is 10.2. The normalized spacial score (nSPS) is 15.1. The molecule has 2 N–H and O–H groups in total. The summed E-state index contributed by atoms with van der Waals surface area (Å²) < 4.78 is 0. The number of carbonyl (C=O) groups is 2. The third-order valence-electron chi connectivity index (χ3n) is 9.44. The van der Waals surface area contributed by atoms with Crippen molar-refractivity contribution >= 4 is 11.6 Å². The highest BCUT2D eigenvalue weighted by Gasteiger charge is 2.24. The van der Waals surface area contributed by atoms with Gasteiger partial charge < -0.3 is 20.4 Å². The Hall–Kier alpha value is -5.62. The van der Waals surface area contributed by atoms with E-state index in [1.807, 2.05) is 121 Å². The number of allylic oxidation sites excluding steroid dienone is 2. The number of carbonyl (C=O) groups excluding carboxylic acids is 2. The first-order chi connectivity index (χ1) is 25.1. The van der Waals surface area contributed by atoms with Gasteiger partial charge in [0.15, 0.2) is 11.6 Å². The third-order valence-corrected chi connectivity index (χ3v) is 9.44. The number of unbranched alkanes of at least 4 members (excludes halogenated alkanes) is 4. The largest absolute Gasteiger partial charge is 0.374 e. The summed E-state index contributed by atoms with van der Waals surface area (Å²) in [5, 5.41) is 7.01. The van der Waals surface area contributed by atoms with E-state index in [4.69, 9.17) is 0 Å². The van der Waals surface area contributed by atoms with Gasteiger partial charge in [0.1, 0.15) is 12.1 Å². The van der Waals surface area contributed by atoms with Crippen LogP contribution in [0.3, 0.4) is 0 Å². The van der Waals surface area contributed by atoms with E-state index in [9.17, 15) is 9.59 Å². The molecule has 260 valence electrons. The van der Waals surface area contributed by atoms with Gasteiger partial charge in [-0.2, -0.15) is 0 Å². The van der Waals surface area contributed by atoms with Gasteiger partial charge in [-0.3, -0.25) is 9.59 Å². The Morgan fingerprint density at radius 3 is 1.20 bits per heavy atom. The maximum absolute atomic E-state index is 13.4. The zero-order valence-corrected chi connectivity index (χ0v) is 29.2. The second-order valence-electron chi connectivity index (χ2n) is 13.1. The summed E-state index contributed by atoms with van der Waals surface area (Å²) in [4.78, 5) is 31.5. The lowest BCUT2D eigenvalue weighted by molar-refractivity contribution is 0.0941. The van der Waals surface area contributed by atoms with Crippen LogP contribution in [0.15, 0.2) is 169 Å². The summed E-state index contributed by atoms with van der Waals surface area (Å²) in [6.45, 7) is 3.71. The number of Topliss-reactive ketones (excluding diaryl/α,β-unsaturated/α-hetero) is 2. The monoisotopic (exact) mass is 676 g/mol.